The van der Waals surface area contributed by atoms with E-state index in [9.17, 15) is 4.79 Å². The van der Waals surface area contributed by atoms with Crippen molar-refractivity contribution < 1.29 is 9.53 Å². The van der Waals surface area contributed by atoms with E-state index in [0.29, 0.717) is 5.69 Å². The summed E-state index contributed by atoms with van der Waals surface area (Å²) in [6, 6.07) is 9.89. The van der Waals surface area contributed by atoms with Gasteiger partial charge in [0, 0.05) is 24.6 Å². The van der Waals surface area contributed by atoms with Crippen molar-refractivity contribution in [1.82, 2.24) is 4.98 Å². The number of hydrogen-bond donors (Lipinski definition) is 0. The van der Waals surface area contributed by atoms with E-state index in [4.69, 9.17) is 4.74 Å². The van der Waals surface area contributed by atoms with Crippen molar-refractivity contribution in [1.29, 1.82) is 0 Å². The molecule has 1 aromatic carbocycles. The molecule has 6 heteroatoms. The molecular weight excluding hydrogens is 304 g/mol. The molecule has 1 aromatic heterocycles. The van der Waals surface area contributed by atoms with E-state index in [-0.39, 0.29) is 5.97 Å². The van der Waals surface area contributed by atoms with E-state index in [2.05, 4.69) is 9.88 Å². The second kappa shape index (κ2) is 6.49. The van der Waals surface area contributed by atoms with Crippen molar-refractivity contribution in [3.63, 3.8) is 0 Å². The summed E-state index contributed by atoms with van der Waals surface area (Å²) in [5.41, 5.74) is 1.43. The Bertz CT molecular complexity index is 622. The minimum Gasteiger partial charge on any atom is -0.464 e. The third-order valence-electron chi connectivity index (χ3n) is 3.31. The molecule has 4 nitrogen and oxygen atoms in total. The number of thioether (sulfide) groups is 1. The number of anilines is 1. The van der Waals surface area contributed by atoms with Crippen molar-refractivity contribution in [3.8, 4) is 10.4 Å². The van der Waals surface area contributed by atoms with Crippen LogP contribution in [0.15, 0.2) is 30.3 Å². The fourth-order valence-electron chi connectivity index (χ4n) is 2.22. The maximum atomic E-state index is 12.0. The van der Waals surface area contributed by atoms with Gasteiger partial charge in [-0.1, -0.05) is 41.7 Å². The maximum absolute atomic E-state index is 12.0. The Morgan fingerprint density at radius 2 is 1.95 bits per heavy atom. The Labute approximate surface area is 132 Å². The van der Waals surface area contributed by atoms with Gasteiger partial charge >= 0.3 is 5.97 Å². The Morgan fingerprint density at radius 3 is 2.62 bits per heavy atom. The van der Waals surface area contributed by atoms with Gasteiger partial charge in [-0.3, -0.25) is 0 Å². The van der Waals surface area contributed by atoms with Gasteiger partial charge in [0.1, 0.15) is 0 Å². The van der Waals surface area contributed by atoms with Gasteiger partial charge in [0.05, 0.1) is 12.0 Å². The lowest BCUT2D eigenvalue weighted by Gasteiger charge is -2.25. The van der Waals surface area contributed by atoms with Crippen LogP contribution < -0.4 is 4.90 Å². The highest BCUT2D eigenvalue weighted by atomic mass is 32.2. The monoisotopic (exact) mass is 320 g/mol. The van der Waals surface area contributed by atoms with E-state index in [1.54, 1.807) is 11.3 Å². The highest BCUT2D eigenvalue weighted by Crippen LogP contribution is 2.36. The van der Waals surface area contributed by atoms with Crippen LogP contribution in [-0.2, 0) is 4.74 Å². The maximum Gasteiger partial charge on any atom is 0.358 e. The Kier molecular flexibility index (Phi) is 4.45. The summed E-state index contributed by atoms with van der Waals surface area (Å²) in [4.78, 5) is 19.7. The molecule has 0 N–H and O–H groups in total. The second-order valence-corrected chi connectivity index (χ2v) is 6.83. The van der Waals surface area contributed by atoms with Crippen LogP contribution in [0.5, 0.6) is 0 Å². The average molecular weight is 320 g/mol. The molecule has 2 heterocycles. The SMILES string of the molecule is COC(=O)c1nc(N2CCSCC2)sc1-c1ccccc1. The molecule has 0 aliphatic carbocycles. The molecule has 1 aliphatic rings. The molecule has 3 rings (SSSR count). The van der Waals surface area contributed by atoms with E-state index in [1.807, 2.05) is 42.1 Å². The summed E-state index contributed by atoms with van der Waals surface area (Å²) < 4.78 is 4.88. The fraction of sp³-hybridized carbons (Fsp3) is 0.333. The van der Waals surface area contributed by atoms with Gasteiger partial charge in [0.15, 0.2) is 10.8 Å². The van der Waals surface area contributed by atoms with Crippen LogP contribution in [0.4, 0.5) is 5.13 Å². The van der Waals surface area contributed by atoms with Gasteiger partial charge in [-0.25, -0.2) is 9.78 Å². The number of thiazole rings is 1. The third-order valence-corrected chi connectivity index (χ3v) is 5.42. The number of benzene rings is 1. The Morgan fingerprint density at radius 1 is 1.24 bits per heavy atom. The molecule has 0 atom stereocenters. The molecule has 1 fully saturated rings. The first-order chi connectivity index (χ1) is 10.3. The largest absolute Gasteiger partial charge is 0.464 e. The number of rotatable bonds is 3. The normalized spacial score (nSPS) is 15.0. The van der Waals surface area contributed by atoms with E-state index < -0.39 is 0 Å². The Hall–Kier alpha value is -1.53. The van der Waals surface area contributed by atoms with E-state index >= 15 is 0 Å². The summed E-state index contributed by atoms with van der Waals surface area (Å²) in [5.74, 6) is 1.84. The average Bonchev–Trinajstić information content (AvgIpc) is 3.01. The van der Waals surface area contributed by atoms with Crippen LogP contribution in [0.3, 0.4) is 0 Å². The summed E-state index contributed by atoms with van der Waals surface area (Å²) in [7, 11) is 1.40. The second-order valence-electron chi connectivity index (χ2n) is 4.63. The van der Waals surface area contributed by atoms with Crippen LogP contribution in [0.25, 0.3) is 10.4 Å². The number of methoxy groups -OCH3 is 1. The quantitative estimate of drug-likeness (QED) is 0.813. The van der Waals surface area contributed by atoms with E-state index in [1.165, 1.54) is 7.11 Å². The lowest BCUT2D eigenvalue weighted by molar-refractivity contribution is 0.0596. The molecular formula is C15H16N2O2S2. The van der Waals surface area contributed by atoms with Crippen LogP contribution in [-0.4, -0.2) is 42.7 Å². The molecule has 0 spiro atoms. The number of ether oxygens (including phenoxy) is 1. The zero-order chi connectivity index (χ0) is 14.7. The van der Waals surface area contributed by atoms with Gasteiger partial charge < -0.3 is 9.64 Å². The van der Waals surface area contributed by atoms with Crippen molar-refractivity contribution in [3.05, 3.63) is 36.0 Å². The van der Waals surface area contributed by atoms with Gasteiger partial charge in [0.2, 0.25) is 0 Å². The van der Waals surface area contributed by atoms with Crippen LogP contribution in [0.1, 0.15) is 10.5 Å². The Balaban J connectivity index is 2.01. The number of carbonyl (C=O) groups is 1. The zero-order valence-electron chi connectivity index (χ0n) is 11.7. The summed E-state index contributed by atoms with van der Waals surface area (Å²) >= 11 is 3.52. The fourth-order valence-corrected chi connectivity index (χ4v) is 4.23. The summed E-state index contributed by atoms with van der Waals surface area (Å²) in [6.07, 6.45) is 0. The molecule has 1 aliphatic heterocycles. The highest BCUT2D eigenvalue weighted by molar-refractivity contribution is 7.99. The van der Waals surface area contributed by atoms with Crippen molar-refractivity contribution in [2.45, 2.75) is 0 Å². The zero-order valence-corrected chi connectivity index (χ0v) is 13.4. The molecule has 0 amide bonds. The predicted octanol–water partition coefficient (Wildman–Crippen LogP) is 3.15. The topological polar surface area (TPSA) is 42.4 Å². The molecule has 0 radical (unpaired) electrons. The standard InChI is InChI=1S/C15H16N2O2S2/c1-19-14(18)12-13(11-5-3-2-4-6-11)21-15(16-12)17-7-9-20-10-8-17/h2-6H,7-10H2,1H3. The molecule has 0 unspecified atom stereocenters. The summed E-state index contributed by atoms with van der Waals surface area (Å²) in [5, 5.41) is 0.912. The third kappa shape index (κ3) is 3.06. The predicted molar refractivity (Wildman–Crippen MR) is 88.4 cm³/mol. The first-order valence-electron chi connectivity index (χ1n) is 6.77. The van der Waals surface area contributed by atoms with Gasteiger partial charge in [-0.05, 0) is 5.56 Å². The minimum absolute atomic E-state index is 0.372. The van der Waals surface area contributed by atoms with Crippen LogP contribution in [0.2, 0.25) is 0 Å². The van der Waals surface area contributed by atoms with E-state index in [0.717, 1.165) is 40.2 Å². The molecule has 0 bridgehead atoms. The van der Waals surface area contributed by atoms with Gasteiger partial charge in [0.25, 0.3) is 0 Å². The van der Waals surface area contributed by atoms with Crippen LogP contribution in [0, 0.1) is 0 Å². The molecule has 2 aromatic rings. The number of carbonyl (C=O) groups excluding carboxylic acids is 1. The highest BCUT2D eigenvalue weighted by Gasteiger charge is 2.23. The lowest BCUT2D eigenvalue weighted by atomic mass is 10.1. The smallest absolute Gasteiger partial charge is 0.358 e. The van der Waals surface area contributed by atoms with Crippen molar-refractivity contribution >= 4 is 34.2 Å². The molecule has 1 saturated heterocycles. The van der Waals surface area contributed by atoms with Crippen LogP contribution >= 0.6 is 23.1 Å². The summed E-state index contributed by atoms with van der Waals surface area (Å²) in [6.45, 7) is 1.96. The number of hydrogen-bond acceptors (Lipinski definition) is 6. The van der Waals surface area contributed by atoms with Gasteiger partial charge in [-0.2, -0.15) is 11.8 Å². The first-order valence-corrected chi connectivity index (χ1v) is 8.74. The first kappa shape index (κ1) is 14.4. The minimum atomic E-state index is -0.372. The molecule has 21 heavy (non-hydrogen) atoms. The number of aromatic nitrogens is 1. The van der Waals surface area contributed by atoms with Crippen molar-refractivity contribution in [2.75, 3.05) is 36.6 Å². The van der Waals surface area contributed by atoms with Crippen molar-refractivity contribution in [2.24, 2.45) is 0 Å². The number of esters is 1. The molecule has 0 saturated carbocycles. The number of nitrogens with zero attached hydrogens (tertiary/aromatic N) is 2. The molecule has 110 valence electrons. The van der Waals surface area contributed by atoms with Gasteiger partial charge in [-0.15, -0.1) is 0 Å². The lowest BCUT2D eigenvalue weighted by Crippen LogP contribution is -2.32.